The van der Waals surface area contributed by atoms with Crippen LogP contribution in [-0.2, 0) is 20.4 Å². The van der Waals surface area contributed by atoms with E-state index in [0.29, 0.717) is 10.6 Å². The quantitative estimate of drug-likeness (QED) is 0.395. The molecular formula is C16H15NO5S2. The zero-order valence-electron chi connectivity index (χ0n) is 12.5. The van der Waals surface area contributed by atoms with E-state index in [-0.39, 0.29) is 17.9 Å². The van der Waals surface area contributed by atoms with Crippen LogP contribution in [0.5, 0.6) is 0 Å². The van der Waals surface area contributed by atoms with Gasteiger partial charge in [-0.2, -0.15) is 0 Å². The van der Waals surface area contributed by atoms with E-state index in [2.05, 4.69) is 0 Å². The number of hydroxylamine groups is 2. The molecular weight excluding hydrogens is 350 g/mol. The maximum absolute atomic E-state index is 12.5. The Morgan fingerprint density at radius 3 is 2.83 bits per heavy atom. The molecule has 1 atom stereocenters. The highest BCUT2D eigenvalue weighted by molar-refractivity contribution is 7.90. The average molecular weight is 365 g/mol. The molecule has 0 saturated carbocycles. The summed E-state index contributed by atoms with van der Waals surface area (Å²) in [4.78, 5) is 10.8. The number of sulfone groups is 1. The number of hydrogen-bond acceptors (Lipinski definition) is 6. The van der Waals surface area contributed by atoms with Gasteiger partial charge in [-0.15, -0.1) is 11.3 Å². The third-order valence-electron chi connectivity index (χ3n) is 3.61. The molecule has 126 valence electrons. The van der Waals surface area contributed by atoms with Crippen LogP contribution < -0.4 is 0 Å². The molecule has 1 aromatic carbocycles. The van der Waals surface area contributed by atoms with Crippen LogP contribution in [0.15, 0.2) is 52.5 Å². The molecule has 0 radical (unpaired) electrons. The van der Waals surface area contributed by atoms with Gasteiger partial charge in [0.1, 0.15) is 11.8 Å². The predicted molar refractivity (Wildman–Crippen MR) is 90.5 cm³/mol. The Morgan fingerprint density at radius 2 is 2.12 bits per heavy atom. The van der Waals surface area contributed by atoms with Crippen LogP contribution in [0.1, 0.15) is 17.4 Å². The van der Waals surface area contributed by atoms with E-state index >= 15 is 0 Å². The van der Waals surface area contributed by atoms with E-state index in [1.54, 1.807) is 23.5 Å². The smallest absolute Gasteiger partial charge is 0.233 e. The van der Waals surface area contributed by atoms with E-state index in [1.165, 1.54) is 12.3 Å². The van der Waals surface area contributed by atoms with E-state index in [4.69, 9.17) is 4.42 Å². The van der Waals surface area contributed by atoms with Crippen LogP contribution in [0.3, 0.4) is 0 Å². The van der Waals surface area contributed by atoms with Crippen LogP contribution in [0.2, 0.25) is 0 Å². The van der Waals surface area contributed by atoms with Crippen molar-refractivity contribution in [2.24, 2.45) is 0 Å². The minimum absolute atomic E-state index is 0.167. The first-order valence-corrected chi connectivity index (χ1v) is 9.81. The zero-order chi connectivity index (χ0) is 17.2. The Labute approximate surface area is 142 Å². The molecule has 0 bridgehead atoms. The summed E-state index contributed by atoms with van der Waals surface area (Å²) in [5.74, 6) is -0.401. The fourth-order valence-electron chi connectivity index (χ4n) is 2.50. The number of fused-ring (bicyclic) bond motifs is 1. The number of carbonyl (C=O) groups is 1. The van der Waals surface area contributed by atoms with E-state index < -0.39 is 21.6 Å². The number of thiophene rings is 1. The van der Waals surface area contributed by atoms with Gasteiger partial charge in [0.15, 0.2) is 9.84 Å². The van der Waals surface area contributed by atoms with Gasteiger partial charge in [-0.3, -0.25) is 10.0 Å². The van der Waals surface area contributed by atoms with Gasteiger partial charge in [-0.05, 0) is 46.7 Å². The number of hydrogen-bond donors (Lipinski definition) is 1. The Balaban J connectivity index is 1.82. The highest BCUT2D eigenvalue weighted by atomic mass is 32.2. The van der Waals surface area contributed by atoms with Crippen molar-refractivity contribution in [3.63, 3.8) is 0 Å². The monoisotopic (exact) mass is 365 g/mol. The van der Waals surface area contributed by atoms with Crippen LogP contribution in [-0.4, -0.2) is 30.9 Å². The Hall–Kier alpha value is -2.16. The van der Waals surface area contributed by atoms with Crippen molar-refractivity contribution < 1.29 is 22.8 Å². The fraction of sp³-hybridized carbons (Fsp3) is 0.188. The highest BCUT2D eigenvalue weighted by Crippen LogP contribution is 2.25. The molecule has 3 aromatic rings. The summed E-state index contributed by atoms with van der Waals surface area (Å²) < 4.78 is 31.2. The van der Waals surface area contributed by atoms with Crippen molar-refractivity contribution in [1.29, 1.82) is 0 Å². The van der Waals surface area contributed by atoms with Gasteiger partial charge in [0.2, 0.25) is 6.41 Å². The molecule has 8 heteroatoms. The Kier molecular flexibility index (Phi) is 4.70. The first-order chi connectivity index (χ1) is 11.5. The molecule has 0 aliphatic carbocycles. The molecule has 0 aliphatic heterocycles. The molecule has 0 aliphatic rings. The van der Waals surface area contributed by atoms with E-state index in [1.807, 2.05) is 23.6 Å². The second kappa shape index (κ2) is 6.76. The van der Waals surface area contributed by atoms with E-state index in [9.17, 15) is 18.4 Å². The first-order valence-electron chi connectivity index (χ1n) is 7.11. The van der Waals surface area contributed by atoms with Crippen LogP contribution in [0.4, 0.5) is 0 Å². The molecule has 3 rings (SSSR count). The Bertz CT molecular complexity index is 930. The minimum Gasteiger partial charge on any atom is -0.467 e. The van der Waals surface area contributed by atoms with Gasteiger partial charge >= 0.3 is 0 Å². The lowest BCUT2D eigenvalue weighted by molar-refractivity contribution is -0.160. The number of nitrogens with zero attached hydrogens (tertiary/aromatic N) is 1. The van der Waals surface area contributed by atoms with Gasteiger partial charge in [0, 0.05) is 4.70 Å². The lowest BCUT2D eigenvalue weighted by Gasteiger charge is -2.20. The van der Waals surface area contributed by atoms with Gasteiger partial charge in [0.05, 0.1) is 17.8 Å². The van der Waals surface area contributed by atoms with Crippen molar-refractivity contribution in [3.8, 4) is 0 Å². The lowest BCUT2D eigenvalue weighted by atomic mass is 10.2. The van der Waals surface area contributed by atoms with Gasteiger partial charge in [-0.1, -0.05) is 6.07 Å². The molecule has 2 aromatic heterocycles. The standard InChI is InChI=1S/C16H15NO5S2/c18-11-17(19)14(15-2-1-6-22-15)10-24(20,21)9-12-3-4-16-13(8-12)5-7-23-16/h1-8,11,14,19H,9-10H2/t14-/m1/s1. The van der Waals surface area contributed by atoms with Crippen molar-refractivity contribution in [1.82, 2.24) is 5.06 Å². The summed E-state index contributed by atoms with van der Waals surface area (Å²) in [6, 6.07) is 9.44. The molecule has 24 heavy (non-hydrogen) atoms. The number of furan rings is 1. The summed E-state index contributed by atoms with van der Waals surface area (Å²) in [5, 5.41) is 12.9. The number of carbonyl (C=O) groups excluding carboxylic acids is 1. The highest BCUT2D eigenvalue weighted by Gasteiger charge is 2.27. The SMILES string of the molecule is O=CN(O)[C@H](CS(=O)(=O)Cc1ccc2sccc2c1)c1ccco1. The maximum atomic E-state index is 12.5. The maximum Gasteiger partial charge on any atom is 0.233 e. The molecule has 1 N–H and O–H groups in total. The molecule has 0 fully saturated rings. The topological polar surface area (TPSA) is 87.8 Å². The molecule has 2 heterocycles. The first kappa shape index (κ1) is 16.7. The van der Waals surface area contributed by atoms with Gasteiger partial charge in [-0.25, -0.2) is 13.5 Å². The number of rotatable bonds is 7. The lowest BCUT2D eigenvalue weighted by Crippen LogP contribution is -2.30. The largest absolute Gasteiger partial charge is 0.467 e. The van der Waals surface area contributed by atoms with Gasteiger partial charge in [0.25, 0.3) is 0 Å². The Morgan fingerprint density at radius 1 is 1.29 bits per heavy atom. The average Bonchev–Trinajstić information content (AvgIpc) is 3.22. The zero-order valence-corrected chi connectivity index (χ0v) is 14.2. The summed E-state index contributed by atoms with van der Waals surface area (Å²) in [6.45, 7) is 0. The van der Waals surface area contributed by atoms with Crippen molar-refractivity contribution in [3.05, 3.63) is 59.4 Å². The third kappa shape index (κ3) is 3.66. The number of benzene rings is 1. The van der Waals surface area contributed by atoms with Crippen molar-refractivity contribution >= 4 is 37.7 Å². The predicted octanol–water partition coefficient (Wildman–Crippen LogP) is 3.00. The fourth-order valence-corrected chi connectivity index (χ4v) is 4.88. The molecule has 6 nitrogen and oxygen atoms in total. The second-order valence-electron chi connectivity index (χ2n) is 5.36. The second-order valence-corrected chi connectivity index (χ2v) is 8.42. The minimum atomic E-state index is -3.58. The summed E-state index contributed by atoms with van der Waals surface area (Å²) in [5.41, 5.74) is 0.662. The third-order valence-corrected chi connectivity index (χ3v) is 6.11. The summed E-state index contributed by atoms with van der Waals surface area (Å²) in [7, 11) is -3.58. The molecule has 1 amide bonds. The van der Waals surface area contributed by atoms with Crippen LogP contribution >= 0.6 is 11.3 Å². The number of amides is 1. The molecule has 0 saturated heterocycles. The van der Waals surface area contributed by atoms with Crippen molar-refractivity contribution in [2.75, 3.05) is 5.75 Å². The normalized spacial score (nSPS) is 13.0. The van der Waals surface area contributed by atoms with Gasteiger partial charge < -0.3 is 4.42 Å². The van der Waals surface area contributed by atoms with Crippen LogP contribution in [0, 0.1) is 0 Å². The summed E-state index contributed by atoms with van der Waals surface area (Å²) in [6.07, 6.45) is 1.53. The summed E-state index contributed by atoms with van der Waals surface area (Å²) >= 11 is 1.59. The molecule has 0 spiro atoms. The van der Waals surface area contributed by atoms with Crippen LogP contribution in [0.25, 0.3) is 10.1 Å². The van der Waals surface area contributed by atoms with E-state index in [0.717, 1.165) is 10.1 Å². The van der Waals surface area contributed by atoms with Crippen molar-refractivity contribution in [2.45, 2.75) is 11.8 Å². The molecule has 0 unspecified atom stereocenters.